The predicted molar refractivity (Wildman–Crippen MR) is 93.4 cm³/mol. The van der Waals surface area contributed by atoms with Crippen LogP contribution in [-0.4, -0.2) is 57.3 Å². The van der Waals surface area contributed by atoms with Crippen LogP contribution in [0, 0.1) is 6.92 Å². The van der Waals surface area contributed by atoms with Gasteiger partial charge in [0, 0.05) is 44.7 Å². The summed E-state index contributed by atoms with van der Waals surface area (Å²) in [6.07, 6.45) is 4.38. The van der Waals surface area contributed by atoms with Gasteiger partial charge in [0.1, 0.15) is 5.76 Å². The maximum Gasteiger partial charge on any atom is 0.266 e. The number of aromatic nitrogens is 3. The van der Waals surface area contributed by atoms with Gasteiger partial charge in [-0.15, -0.1) is 0 Å². The van der Waals surface area contributed by atoms with Crippen molar-refractivity contribution in [3.63, 3.8) is 0 Å². The highest BCUT2D eigenvalue weighted by Crippen LogP contribution is 2.40. The zero-order valence-corrected chi connectivity index (χ0v) is 14.7. The molecule has 7 heteroatoms. The van der Waals surface area contributed by atoms with Gasteiger partial charge in [-0.3, -0.25) is 14.6 Å². The van der Waals surface area contributed by atoms with E-state index in [0.29, 0.717) is 12.5 Å². The fraction of sp³-hybridized carbons (Fsp3) is 0.611. The molecule has 0 atom stereocenters. The van der Waals surface area contributed by atoms with Crippen molar-refractivity contribution in [1.29, 1.82) is 0 Å². The second-order valence-corrected chi connectivity index (χ2v) is 7.08. The summed E-state index contributed by atoms with van der Waals surface area (Å²) in [4.78, 5) is 21.0. The molecule has 0 bridgehead atoms. The Labute approximate surface area is 147 Å². The van der Waals surface area contributed by atoms with Crippen molar-refractivity contribution < 1.29 is 4.42 Å². The van der Waals surface area contributed by atoms with Gasteiger partial charge in [-0.1, -0.05) is 0 Å². The highest BCUT2D eigenvalue weighted by atomic mass is 16.4. The number of oxazole rings is 1. The zero-order chi connectivity index (χ0) is 17.2. The van der Waals surface area contributed by atoms with Crippen LogP contribution in [0.15, 0.2) is 27.5 Å². The molecule has 0 unspecified atom stereocenters. The molecule has 1 saturated carbocycles. The molecule has 0 amide bonds. The van der Waals surface area contributed by atoms with Crippen LogP contribution in [-0.2, 0) is 13.1 Å². The number of piperazine rings is 1. The van der Waals surface area contributed by atoms with Crippen LogP contribution >= 0.6 is 0 Å². The third-order valence-electron chi connectivity index (χ3n) is 5.00. The lowest BCUT2D eigenvalue weighted by Gasteiger charge is -2.33. The van der Waals surface area contributed by atoms with Gasteiger partial charge < -0.3 is 4.42 Å². The first-order chi connectivity index (χ1) is 12.2. The van der Waals surface area contributed by atoms with E-state index in [2.05, 4.69) is 19.9 Å². The second-order valence-electron chi connectivity index (χ2n) is 7.08. The third kappa shape index (κ3) is 4.16. The molecular formula is C18H25N5O2. The molecule has 2 fully saturated rings. The SMILES string of the molecule is Cc1ccc(=O)n(CCN2CCN(Cc3ncc(C4CC4)o3)CC2)n1. The number of rotatable bonds is 6. The molecule has 0 spiro atoms. The lowest BCUT2D eigenvalue weighted by Crippen LogP contribution is -2.47. The van der Waals surface area contributed by atoms with Gasteiger partial charge in [-0.2, -0.15) is 5.10 Å². The number of nitrogens with zero attached hydrogens (tertiary/aromatic N) is 5. The van der Waals surface area contributed by atoms with Crippen LogP contribution in [0.1, 0.15) is 36.1 Å². The van der Waals surface area contributed by atoms with Crippen LogP contribution in [0.5, 0.6) is 0 Å². The Hall–Kier alpha value is -1.99. The van der Waals surface area contributed by atoms with Crippen molar-refractivity contribution in [3.05, 3.63) is 46.0 Å². The monoisotopic (exact) mass is 343 g/mol. The molecule has 1 saturated heterocycles. The molecule has 2 aromatic rings. The Balaban J connectivity index is 1.23. The molecule has 0 N–H and O–H groups in total. The second kappa shape index (κ2) is 7.09. The lowest BCUT2D eigenvalue weighted by molar-refractivity contribution is 0.115. The van der Waals surface area contributed by atoms with Crippen molar-refractivity contribution >= 4 is 0 Å². The Morgan fingerprint density at radius 3 is 2.64 bits per heavy atom. The van der Waals surface area contributed by atoms with E-state index in [-0.39, 0.29) is 5.56 Å². The molecule has 1 aliphatic heterocycles. The highest BCUT2D eigenvalue weighted by Gasteiger charge is 2.28. The number of hydrogen-bond acceptors (Lipinski definition) is 6. The van der Waals surface area contributed by atoms with Crippen molar-refractivity contribution in [2.75, 3.05) is 32.7 Å². The van der Waals surface area contributed by atoms with E-state index in [1.54, 1.807) is 16.8 Å². The Bertz CT molecular complexity index is 772. The minimum absolute atomic E-state index is 0.0282. The van der Waals surface area contributed by atoms with E-state index in [0.717, 1.165) is 56.6 Å². The van der Waals surface area contributed by atoms with Gasteiger partial charge in [-0.25, -0.2) is 9.67 Å². The summed E-state index contributed by atoms with van der Waals surface area (Å²) in [5, 5.41) is 4.30. The van der Waals surface area contributed by atoms with E-state index in [4.69, 9.17) is 4.42 Å². The Morgan fingerprint density at radius 1 is 1.12 bits per heavy atom. The molecule has 1 aliphatic carbocycles. The summed E-state index contributed by atoms with van der Waals surface area (Å²) in [5.41, 5.74) is 0.848. The van der Waals surface area contributed by atoms with Crippen LogP contribution in [0.4, 0.5) is 0 Å². The van der Waals surface area contributed by atoms with Crippen LogP contribution in [0.2, 0.25) is 0 Å². The first-order valence-electron chi connectivity index (χ1n) is 9.11. The summed E-state index contributed by atoms with van der Waals surface area (Å²) in [7, 11) is 0. The normalized spacial score (nSPS) is 19.4. The number of hydrogen-bond donors (Lipinski definition) is 0. The van der Waals surface area contributed by atoms with E-state index in [1.807, 2.05) is 13.1 Å². The van der Waals surface area contributed by atoms with Crippen molar-refractivity contribution in [2.45, 2.75) is 38.8 Å². The Kier molecular flexibility index (Phi) is 4.67. The lowest BCUT2D eigenvalue weighted by atomic mass is 10.3. The van der Waals surface area contributed by atoms with Crippen molar-refractivity contribution in [2.24, 2.45) is 0 Å². The molecule has 2 aliphatic rings. The molecule has 3 heterocycles. The first-order valence-corrected chi connectivity index (χ1v) is 9.11. The van der Waals surface area contributed by atoms with E-state index in [1.165, 1.54) is 12.8 Å². The standard InChI is InChI=1S/C18H25N5O2/c1-14-2-5-18(24)23(20-14)11-10-21-6-8-22(9-7-21)13-17-19-12-16(25-17)15-3-4-15/h2,5,12,15H,3-4,6-11,13H2,1H3. The molecule has 0 aromatic carbocycles. The first kappa shape index (κ1) is 16.5. The molecular weight excluding hydrogens is 318 g/mol. The number of aryl methyl sites for hydroxylation is 1. The summed E-state index contributed by atoms with van der Waals surface area (Å²) in [6, 6.07) is 3.35. The average molecular weight is 343 g/mol. The van der Waals surface area contributed by atoms with Crippen LogP contribution in [0.3, 0.4) is 0 Å². The quantitative estimate of drug-likeness (QED) is 0.786. The third-order valence-corrected chi connectivity index (χ3v) is 5.00. The van der Waals surface area contributed by atoms with E-state index in [9.17, 15) is 4.79 Å². The van der Waals surface area contributed by atoms with Crippen molar-refractivity contribution in [1.82, 2.24) is 24.6 Å². The average Bonchev–Trinajstić information content (AvgIpc) is 3.37. The summed E-state index contributed by atoms with van der Waals surface area (Å²) >= 11 is 0. The van der Waals surface area contributed by atoms with Crippen LogP contribution < -0.4 is 5.56 Å². The predicted octanol–water partition coefficient (Wildman–Crippen LogP) is 1.23. The topological polar surface area (TPSA) is 67.4 Å². The Morgan fingerprint density at radius 2 is 1.88 bits per heavy atom. The van der Waals surface area contributed by atoms with Gasteiger partial charge in [0.25, 0.3) is 5.56 Å². The van der Waals surface area contributed by atoms with Gasteiger partial charge in [0.05, 0.1) is 25.0 Å². The maximum atomic E-state index is 11.8. The molecule has 4 rings (SSSR count). The fourth-order valence-electron chi connectivity index (χ4n) is 3.26. The zero-order valence-electron chi connectivity index (χ0n) is 14.7. The summed E-state index contributed by atoms with van der Waals surface area (Å²) in [6.45, 7) is 8.19. The van der Waals surface area contributed by atoms with Gasteiger partial charge in [-0.05, 0) is 25.8 Å². The van der Waals surface area contributed by atoms with E-state index >= 15 is 0 Å². The smallest absolute Gasteiger partial charge is 0.266 e. The summed E-state index contributed by atoms with van der Waals surface area (Å²) < 4.78 is 7.42. The fourth-order valence-corrected chi connectivity index (χ4v) is 3.26. The molecule has 2 aromatic heterocycles. The minimum Gasteiger partial charge on any atom is -0.444 e. The molecule has 0 radical (unpaired) electrons. The van der Waals surface area contributed by atoms with Gasteiger partial charge >= 0.3 is 0 Å². The van der Waals surface area contributed by atoms with Crippen LogP contribution in [0.25, 0.3) is 0 Å². The van der Waals surface area contributed by atoms with E-state index < -0.39 is 0 Å². The van der Waals surface area contributed by atoms with Gasteiger partial charge in [0.2, 0.25) is 5.89 Å². The molecule has 25 heavy (non-hydrogen) atoms. The highest BCUT2D eigenvalue weighted by molar-refractivity contribution is 5.08. The molecule has 134 valence electrons. The van der Waals surface area contributed by atoms with Gasteiger partial charge in [0.15, 0.2) is 0 Å². The molecule has 7 nitrogen and oxygen atoms in total. The van der Waals surface area contributed by atoms with Crippen molar-refractivity contribution in [3.8, 4) is 0 Å². The largest absolute Gasteiger partial charge is 0.444 e. The minimum atomic E-state index is -0.0282. The summed E-state index contributed by atoms with van der Waals surface area (Å²) in [5.74, 6) is 2.52. The maximum absolute atomic E-state index is 11.8.